The van der Waals surface area contributed by atoms with Crippen LogP contribution in [-0.2, 0) is 0 Å². The van der Waals surface area contributed by atoms with Crippen molar-refractivity contribution >= 4 is 26.8 Å². The summed E-state index contributed by atoms with van der Waals surface area (Å²) in [4.78, 5) is 4.51. The number of hydrogen-bond donors (Lipinski definition) is 0. The smallest absolute Gasteiger partial charge is 0.107 e. The Morgan fingerprint density at radius 3 is 2.50 bits per heavy atom. The molecule has 14 heavy (non-hydrogen) atoms. The van der Waals surface area contributed by atoms with E-state index in [0.717, 1.165) is 10.1 Å². The van der Waals surface area contributed by atoms with E-state index in [1.54, 1.807) is 0 Å². The lowest BCUT2D eigenvalue weighted by molar-refractivity contribution is 1.27. The SMILES string of the molecule is Cc1ccc2c(C)cc(Br)nc2c1C. The Hall–Kier alpha value is -0.890. The average molecular weight is 250 g/mol. The van der Waals surface area contributed by atoms with Crippen LogP contribution < -0.4 is 0 Å². The zero-order valence-corrected chi connectivity index (χ0v) is 10.1. The van der Waals surface area contributed by atoms with Gasteiger partial charge in [0.25, 0.3) is 0 Å². The van der Waals surface area contributed by atoms with E-state index in [4.69, 9.17) is 0 Å². The predicted octanol–water partition coefficient (Wildman–Crippen LogP) is 3.92. The summed E-state index contributed by atoms with van der Waals surface area (Å²) in [5, 5.41) is 1.25. The highest BCUT2D eigenvalue weighted by atomic mass is 79.9. The maximum Gasteiger partial charge on any atom is 0.107 e. The van der Waals surface area contributed by atoms with Crippen molar-refractivity contribution in [3.63, 3.8) is 0 Å². The van der Waals surface area contributed by atoms with Gasteiger partial charge in [0.1, 0.15) is 4.60 Å². The Balaban J connectivity index is 2.95. The minimum atomic E-state index is 0.913. The molecule has 0 N–H and O–H groups in total. The zero-order valence-electron chi connectivity index (χ0n) is 8.56. The van der Waals surface area contributed by atoms with Crippen molar-refractivity contribution in [2.45, 2.75) is 20.8 Å². The maximum absolute atomic E-state index is 4.51. The van der Waals surface area contributed by atoms with Gasteiger partial charge >= 0.3 is 0 Å². The first-order chi connectivity index (χ1) is 6.59. The minimum absolute atomic E-state index is 0.913. The monoisotopic (exact) mass is 249 g/mol. The van der Waals surface area contributed by atoms with Gasteiger partial charge in [-0.2, -0.15) is 0 Å². The van der Waals surface area contributed by atoms with Gasteiger partial charge < -0.3 is 0 Å². The summed E-state index contributed by atoms with van der Waals surface area (Å²) in [7, 11) is 0. The van der Waals surface area contributed by atoms with Crippen molar-refractivity contribution in [2.24, 2.45) is 0 Å². The first-order valence-corrected chi connectivity index (χ1v) is 5.42. The molecule has 2 heteroatoms. The molecule has 1 aromatic carbocycles. The normalized spacial score (nSPS) is 10.9. The third kappa shape index (κ3) is 1.44. The zero-order chi connectivity index (χ0) is 10.3. The molecule has 0 unspecified atom stereocenters. The summed E-state index contributed by atoms with van der Waals surface area (Å²) in [5.74, 6) is 0. The van der Waals surface area contributed by atoms with Crippen LogP contribution in [0.2, 0.25) is 0 Å². The summed E-state index contributed by atoms with van der Waals surface area (Å²) in [5.41, 5.74) is 4.94. The molecule has 0 aliphatic heterocycles. The van der Waals surface area contributed by atoms with E-state index in [0.29, 0.717) is 0 Å². The molecule has 2 aromatic rings. The standard InChI is InChI=1S/C12H12BrN/c1-7-4-5-10-8(2)6-11(13)14-12(10)9(7)3/h4-6H,1-3H3. The molecule has 1 aromatic heterocycles. The molecular weight excluding hydrogens is 238 g/mol. The van der Waals surface area contributed by atoms with Gasteiger partial charge in [-0.25, -0.2) is 4.98 Å². The molecule has 0 bridgehead atoms. The Bertz CT molecular complexity index is 503. The molecule has 0 amide bonds. The topological polar surface area (TPSA) is 12.9 Å². The number of nitrogens with zero attached hydrogens (tertiary/aromatic N) is 1. The van der Waals surface area contributed by atoms with E-state index >= 15 is 0 Å². The van der Waals surface area contributed by atoms with E-state index in [1.165, 1.54) is 22.1 Å². The molecule has 72 valence electrons. The van der Waals surface area contributed by atoms with E-state index in [9.17, 15) is 0 Å². The van der Waals surface area contributed by atoms with E-state index in [2.05, 4.69) is 59.9 Å². The Kier molecular flexibility index (Phi) is 2.31. The number of benzene rings is 1. The second-order valence-corrected chi connectivity index (χ2v) is 4.48. The number of pyridine rings is 1. The van der Waals surface area contributed by atoms with Crippen molar-refractivity contribution in [1.29, 1.82) is 0 Å². The van der Waals surface area contributed by atoms with E-state index in [-0.39, 0.29) is 0 Å². The predicted molar refractivity (Wildman–Crippen MR) is 63.7 cm³/mol. The van der Waals surface area contributed by atoms with Crippen molar-refractivity contribution in [1.82, 2.24) is 4.98 Å². The van der Waals surface area contributed by atoms with Crippen LogP contribution >= 0.6 is 15.9 Å². The van der Waals surface area contributed by atoms with Gasteiger partial charge in [-0.1, -0.05) is 12.1 Å². The molecule has 0 saturated carbocycles. The van der Waals surface area contributed by atoms with Gasteiger partial charge in [0, 0.05) is 5.39 Å². The second kappa shape index (κ2) is 3.35. The Morgan fingerprint density at radius 1 is 1.07 bits per heavy atom. The van der Waals surface area contributed by atoms with E-state index in [1.807, 2.05) is 0 Å². The van der Waals surface area contributed by atoms with Crippen molar-refractivity contribution in [3.8, 4) is 0 Å². The molecular formula is C12H12BrN. The molecule has 1 nitrogen and oxygen atoms in total. The highest BCUT2D eigenvalue weighted by Gasteiger charge is 2.05. The maximum atomic E-state index is 4.51. The number of aromatic nitrogens is 1. The molecule has 0 saturated heterocycles. The molecule has 0 fully saturated rings. The van der Waals surface area contributed by atoms with Crippen LogP contribution in [0.5, 0.6) is 0 Å². The third-order valence-electron chi connectivity index (χ3n) is 2.68. The Morgan fingerprint density at radius 2 is 1.79 bits per heavy atom. The van der Waals surface area contributed by atoms with Crippen LogP contribution in [0, 0.1) is 20.8 Å². The van der Waals surface area contributed by atoms with Gasteiger partial charge in [0.05, 0.1) is 5.52 Å². The van der Waals surface area contributed by atoms with Crippen molar-refractivity contribution < 1.29 is 0 Å². The number of halogens is 1. The van der Waals surface area contributed by atoms with Crippen LogP contribution in [0.1, 0.15) is 16.7 Å². The average Bonchev–Trinajstić information content (AvgIpc) is 2.12. The van der Waals surface area contributed by atoms with Crippen LogP contribution in [0.3, 0.4) is 0 Å². The van der Waals surface area contributed by atoms with E-state index < -0.39 is 0 Å². The van der Waals surface area contributed by atoms with Gasteiger partial charge in [0.2, 0.25) is 0 Å². The largest absolute Gasteiger partial charge is 0.241 e. The fourth-order valence-electron chi connectivity index (χ4n) is 1.66. The lowest BCUT2D eigenvalue weighted by Crippen LogP contribution is -1.90. The molecule has 0 spiro atoms. The Labute approximate surface area is 92.3 Å². The van der Waals surface area contributed by atoms with Gasteiger partial charge in [0.15, 0.2) is 0 Å². The molecule has 0 atom stereocenters. The van der Waals surface area contributed by atoms with Crippen molar-refractivity contribution in [2.75, 3.05) is 0 Å². The highest BCUT2D eigenvalue weighted by molar-refractivity contribution is 9.10. The van der Waals surface area contributed by atoms with Crippen molar-refractivity contribution in [3.05, 3.63) is 39.5 Å². The number of rotatable bonds is 0. The summed E-state index contributed by atoms with van der Waals surface area (Å²) >= 11 is 3.43. The quantitative estimate of drug-likeness (QED) is 0.645. The van der Waals surface area contributed by atoms with Gasteiger partial charge in [-0.05, 0) is 59.5 Å². The highest BCUT2D eigenvalue weighted by Crippen LogP contribution is 2.24. The number of hydrogen-bond acceptors (Lipinski definition) is 1. The first kappa shape index (κ1) is 9.66. The summed E-state index contributed by atoms with van der Waals surface area (Å²) in [6.45, 7) is 6.35. The minimum Gasteiger partial charge on any atom is -0.241 e. The fraction of sp³-hybridized carbons (Fsp3) is 0.250. The lowest BCUT2D eigenvalue weighted by atomic mass is 10.0. The fourth-order valence-corrected chi connectivity index (χ4v) is 2.18. The second-order valence-electron chi connectivity index (χ2n) is 3.67. The van der Waals surface area contributed by atoms with Gasteiger partial charge in [-0.15, -0.1) is 0 Å². The summed E-state index contributed by atoms with van der Waals surface area (Å²) in [6.07, 6.45) is 0. The molecule has 0 radical (unpaired) electrons. The number of aryl methyl sites for hydroxylation is 3. The van der Waals surface area contributed by atoms with Crippen LogP contribution in [-0.4, -0.2) is 4.98 Å². The summed E-state index contributed by atoms with van der Waals surface area (Å²) < 4.78 is 0.913. The third-order valence-corrected chi connectivity index (χ3v) is 3.09. The van der Waals surface area contributed by atoms with Crippen LogP contribution in [0.4, 0.5) is 0 Å². The molecule has 0 aliphatic carbocycles. The molecule has 1 heterocycles. The molecule has 2 rings (SSSR count). The molecule has 0 aliphatic rings. The summed E-state index contributed by atoms with van der Waals surface area (Å²) in [6, 6.07) is 6.35. The van der Waals surface area contributed by atoms with Crippen LogP contribution in [0.25, 0.3) is 10.9 Å². The number of fused-ring (bicyclic) bond motifs is 1. The van der Waals surface area contributed by atoms with Gasteiger partial charge in [-0.3, -0.25) is 0 Å². The lowest BCUT2D eigenvalue weighted by Gasteiger charge is -2.07. The van der Waals surface area contributed by atoms with Crippen LogP contribution in [0.15, 0.2) is 22.8 Å². The first-order valence-electron chi connectivity index (χ1n) is 4.62.